The molecule has 2 unspecified atom stereocenters. The van der Waals surface area contributed by atoms with Crippen molar-refractivity contribution in [3.05, 3.63) is 29.7 Å². The van der Waals surface area contributed by atoms with Gasteiger partial charge in [-0.25, -0.2) is 9.78 Å². The van der Waals surface area contributed by atoms with Gasteiger partial charge in [0.2, 0.25) is 5.91 Å². The molecule has 12 heteroatoms. The molecule has 3 heterocycles. The van der Waals surface area contributed by atoms with Crippen LogP contribution in [0, 0.1) is 12.8 Å². The van der Waals surface area contributed by atoms with E-state index in [-0.39, 0.29) is 16.7 Å². The first-order valence-electron chi connectivity index (χ1n) is 10.7. The summed E-state index contributed by atoms with van der Waals surface area (Å²) in [6.07, 6.45) is -2.48. The summed E-state index contributed by atoms with van der Waals surface area (Å²) in [7, 11) is 3.78. The molecule has 1 fully saturated rings. The summed E-state index contributed by atoms with van der Waals surface area (Å²) in [5.74, 6) is -0.633. The SMILES string of the molecule is Cc1nc(NC(=O)N2CCC(CN(C)C)C2C(N)=O)sc1-c1ccnc(C(C)(C)C(F)(F)F)c1. The molecule has 0 saturated carbocycles. The Bertz CT molecular complexity index is 1070. The van der Waals surface area contributed by atoms with E-state index in [4.69, 9.17) is 5.73 Å². The van der Waals surface area contributed by atoms with Gasteiger partial charge in [-0.2, -0.15) is 13.2 Å². The number of hydrogen-bond acceptors (Lipinski definition) is 6. The highest BCUT2D eigenvalue weighted by Crippen LogP contribution is 2.41. The molecule has 8 nitrogen and oxygen atoms in total. The molecule has 3 rings (SSSR count). The third kappa shape index (κ3) is 5.17. The van der Waals surface area contributed by atoms with Gasteiger partial charge in [-0.1, -0.05) is 11.3 Å². The molecule has 34 heavy (non-hydrogen) atoms. The van der Waals surface area contributed by atoms with Crippen LogP contribution in [0.25, 0.3) is 10.4 Å². The predicted octanol–water partition coefficient (Wildman–Crippen LogP) is 3.62. The number of primary amides is 1. The Hall–Kier alpha value is -2.73. The van der Waals surface area contributed by atoms with Crippen LogP contribution >= 0.6 is 11.3 Å². The van der Waals surface area contributed by atoms with E-state index in [2.05, 4.69) is 15.3 Å². The maximum absolute atomic E-state index is 13.5. The highest BCUT2D eigenvalue weighted by atomic mass is 32.1. The van der Waals surface area contributed by atoms with Crippen molar-refractivity contribution in [3.8, 4) is 10.4 Å². The first-order valence-corrected chi connectivity index (χ1v) is 11.6. The van der Waals surface area contributed by atoms with Gasteiger partial charge in [0.25, 0.3) is 0 Å². The maximum atomic E-state index is 13.5. The van der Waals surface area contributed by atoms with Crippen molar-refractivity contribution in [2.24, 2.45) is 11.7 Å². The van der Waals surface area contributed by atoms with E-state index in [9.17, 15) is 22.8 Å². The Morgan fingerprint density at radius 1 is 1.32 bits per heavy atom. The average molecular weight is 499 g/mol. The van der Waals surface area contributed by atoms with E-state index in [1.54, 1.807) is 13.0 Å². The van der Waals surface area contributed by atoms with Crippen LogP contribution in [0.5, 0.6) is 0 Å². The molecule has 2 aromatic rings. The summed E-state index contributed by atoms with van der Waals surface area (Å²) in [5.41, 5.74) is 4.44. The number of hydrogen-bond donors (Lipinski definition) is 2. The van der Waals surface area contributed by atoms with E-state index >= 15 is 0 Å². The lowest BCUT2D eigenvalue weighted by Crippen LogP contribution is -2.49. The summed E-state index contributed by atoms with van der Waals surface area (Å²) < 4.78 is 40.4. The standard InChI is InChI=1S/C22H29F3N6O2S/c1-12-17(13-6-8-27-15(10-13)21(2,3)22(23,24)25)34-19(28-12)29-20(33)31-9-7-14(11-30(4)5)16(31)18(26)32/h6,8,10,14,16H,7,9,11H2,1-5H3,(H2,26,32)(H,28,29,33). The Kier molecular flexibility index (Phi) is 7.23. The lowest BCUT2D eigenvalue weighted by molar-refractivity contribution is -0.181. The van der Waals surface area contributed by atoms with E-state index in [1.165, 1.54) is 17.2 Å². The van der Waals surface area contributed by atoms with Crippen LogP contribution in [0.15, 0.2) is 18.3 Å². The summed E-state index contributed by atoms with van der Waals surface area (Å²) in [4.78, 5) is 37.3. The van der Waals surface area contributed by atoms with E-state index in [1.807, 2.05) is 19.0 Å². The maximum Gasteiger partial charge on any atom is 0.399 e. The molecule has 3 amide bonds. The monoisotopic (exact) mass is 498 g/mol. The Balaban J connectivity index is 1.82. The zero-order valence-electron chi connectivity index (χ0n) is 19.7. The Morgan fingerprint density at radius 3 is 2.59 bits per heavy atom. The molecule has 1 saturated heterocycles. The number of nitrogens with zero attached hydrogens (tertiary/aromatic N) is 4. The van der Waals surface area contributed by atoms with Crippen molar-refractivity contribution < 1.29 is 22.8 Å². The molecule has 0 aliphatic carbocycles. The number of rotatable bonds is 6. The number of amides is 3. The molecule has 2 aromatic heterocycles. The molecule has 2 atom stereocenters. The van der Waals surface area contributed by atoms with Crippen LogP contribution in [-0.4, -0.2) is 71.1 Å². The van der Waals surface area contributed by atoms with Crippen LogP contribution in [0.1, 0.15) is 31.7 Å². The third-order valence-electron chi connectivity index (χ3n) is 6.06. The second-order valence-corrected chi connectivity index (χ2v) is 10.3. The van der Waals surface area contributed by atoms with Crippen molar-refractivity contribution in [3.63, 3.8) is 0 Å². The summed E-state index contributed by atoms with van der Waals surface area (Å²) in [6, 6.07) is 1.79. The number of carbonyl (C=O) groups is 2. The number of likely N-dealkylation sites (tertiary alicyclic amines) is 1. The van der Waals surface area contributed by atoms with E-state index in [0.29, 0.717) is 35.6 Å². The second-order valence-electron chi connectivity index (χ2n) is 9.27. The number of alkyl halides is 3. The average Bonchev–Trinajstić information content (AvgIpc) is 3.30. The zero-order chi connectivity index (χ0) is 25.4. The largest absolute Gasteiger partial charge is 0.399 e. The molecule has 0 spiro atoms. The van der Waals surface area contributed by atoms with Crippen LogP contribution < -0.4 is 11.1 Å². The van der Waals surface area contributed by atoms with Gasteiger partial charge < -0.3 is 15.5 Å². The first kappa shape index (κ1) is 25.9. The summed E-state index contributed by atoms with van der Waals surface area (Å²) in [5, 5.41) is 3.00. The second kappa shape index (κ2) is 9.49. The van der Waals surface area contributed by atoms with Crippen LogP contribution in [0.2, 0.25) is 0 Å². The van der Waals surface area contributed by atoms with Crippen molar-refractivity contribution in [1.82, 2.24) is 19.8 Å². The Morgan fingerprint density at radius 2 is 2.00 bits per heavy atom. The van der Waals surface area contributed by atoms with Gasteiger partial charge in [0.1, 0.15) is 11.5 Å². The van der Waals surface area contributed by atoms with Gasteiger partial charge in [0.15, 0.2) is 5.13 Å². The number of thiazole rings is 1. The number of aromatic nitrogens is 2. The fraction of sp³-hybridized carbons (Fsp3) is 0.545. The van der Waals surface area contributed by atoms with Crippen LogP contribution in [-0.2, 0) is 10.2 Å². The number of aryl methyl sites for hydroxylation is 1. The number of carbonyl (C=O) groups excluding carboxylic acids is 2. The summed E-state index contributed by atoms with van der Waals surface area (Å²) in [6.45, 7) is 4.88. The van der Waals surface area contributed by atoms with Gasteiger partial charge in [0, 0.05) is 25.2 Å². The van der Waals surface area contributed by atoms with E-state index in [0.717, 1.165) is 25.2 Å². The van der Waals surface area contributed by atoms with Crippen molar-refractivity contribution >= 4 is 28.4 Å². The van der Waals surface area contributed by atoms with Gasteiger partial charge in [-0.05, 0) is 59.0 Å². The topological polar surface area (TPSA) is 104 Å². The number of urea groups is 1. The fourth-order valence-corrected chi connectivity index (χ4v) is 5.02. The molecule has 1 aliphatic rings. The quantitative estimate of drug-likeness (QED) is 0.633. The molecule has 0 aromatic carbocycles. The minimum Gasteiger partial charge on any atom is -0.368 e. The zero-order valence-corrected chi connectivity index (χ0v) is 20.5. The van der Waals surface area contributed by atoms with Crippen molar-refractivity contribution in [1.29, 1.82) is 0 Å². The van der Waals surface area contributed by atoms with Crippen LogP contribution in [0.4, 0.5) is 23.1 Å². The summed E-state index contributed by atoms with van der Waals surface area (Å²) >= 11 is 1.14. The number of nitrogens with one attached hydrogen (secondary N) is 1. The minimum atomic E-state index is -4.46. The van der Waals surface area contributed by atoms with Crippen LogP contribution in [0.3, 0.4) is 0 Å². The molecule has 1 aliphatic heterocycles. The van der Waals surface area contributed by atoms with Gasteiger partial charge in [0.05, 0.1) is 16.3 Å². The Labute approximate surface area is 200 Å². The molecule has 3 N–H and O–H groups in total. The van der Waals surface area contributed by atoms with Gasteiger partial charge in [-0.3, -0.25) is 15.1 Å². The first-order chi connectivity index (χ1) is 15.7. The molecular weight excluding hydrogens is 469 g/mol. The highest BCUT2D eigenvalue weighted by Gasteiger charge is 2.49. The van der Waals surface area contributed by atoms with Gasteiger partial charge in [-0.15, -0.1) is 0 Å². The minimum absolute atomic E-state index is 0.0703. The van der Waals surface area contributed by atoms with E-state index < -0.39 is 29.6 Å². The van der Waals surface area contributed by atoms with Crippen molar-refractivity contribution in [2.45, 2.75) is 44.8 Å². The molecule has 186 valence electrons. The lowest BCUT2D eigenvalue weighted by atomic mass is 9.87. The van der Waals surface area contributed by atoms with Gasteiger partial charge >= 0.3 is 12.2 Å². The molecule has 0 radical (unpaired) electrons. The third-order valence-corrected chi connectivity index (χ3v) is 7.18. The fourth-order valence-electron chi connectivity index (χ4n) is 4.07. The lowest BCUT2D eigenvalue weighted by Gasteiger charge is -2.27. The number of pyridine rings is 1. The van der Waals surface area contributed by atoms with Crippen molar-refractivity contribution in [2.75, 3.05) is 32.5 Å². The normalized spacial score (nSPS) is 19.0. The smallest absolute Gasteiger partial charge is 0.368 e. The number of halogens is 3. The number of nitrogens with two attached hydrogens (primary N) is 1. The number of anilines is 1. The molecule has 0 bridgehead atoms. The predicted molar refractivity (Wildman–Crippen MR) is 125 cm³/mol. The molecular formula is C22H29F3N6O2S. The highest BCUT2D eigenvalue weighted by molar-refractivity contribution is 7.19.